The van der Waals surface area contributed by atoms with Gasteiger partial charge in [-0.2, -0.15) is 0 Å². The topological polar surface area (TPSA) is 46.3 Å². The van der Waals surface area contributed by atoms with Crippen LogP contribution in [0.25, 0.3) is 0 Å². The van der Waals surface area contributed by atoms with E-state index in [0.717, 1.165) is 5.69 Å². The van der Waals surface area contributed by atoms with Crippen molar-refractivity contribution in [2.45, 2.75) is 32.8 Å². The van der Waals surface area contributed by atoms with Gasteiger partial charge in [0.05, 0.1) is 5.69 Å². The lowest BCUT2D eigenvalue weighted by molar-refractivity contribution is 0.243. The van der Waals surface area contributed by atoms with Crippen LogP contribution in [0.4, 0.5) is 0 Å². The molecule has 1 aromatic heterocycles. The first-order chi connectivity index (χ1) is 5.05. The van der Waals surface area contributed by atoms with Crippen molar-refractivity contribution in [3.05, 3.63) is 17.8 Å². The molecule has 0 atom stereocenters. The lowest BCUT2D eigenvalue weighted by Crippen LogP contribution is -2.13. The fourth-order valence-corrected chi connectivity index (χ4v) is 0.995. The van der Waals surface area contributed by atoms with Gasteiger partial charge in [0.15, 0.2) is 12.2 Å². The Bertz CT molecular complexity index is 234. The number of nitrogens with zero attached hydrogens (tertiary/aromatic N) is 1. The number of aliphatic hydroxyl groups excluding tert-OH is 1. The molecule has 62 valence electrons. The van der Waals surface area contributed by atoms with Crippen LogP contribution < -0.4 is 0 Å². The molecule has 0 saturated heterocycles. The molecular formula is C8H13NO2. The normalized spacial score (nSPS) is 12.0. The molecule has 0 unspecified atom stereocenters. The van der Waals surface area contributed by atoms with Crippen LogP contribution in [-0.4, -0.2) is 10.1 Å². The summed E-state index contributed by atoms with van der Waals surface area (Å²) in [6, 6.07) is 0. The molecule has 1 heterocycles. The molecule has 0 aliphatic carbocycles. The van der Waals surface area contributed by atoms with Crippen molar-refractivity contribution in [3.63, 3.8) is 0 Å². The van der Waals surface area contributed by atoms with Crippen LogP contribution in [-0.2, 0) is 12.0 Å². The smallest absolute Gasteiger partial charge is 0.181 e. The summed E-state index contributed by atoms with van der Waals surface area (Å²) in [5, 5.41) is 8.84. The molecule has 0 spiro atoms. The van der Waals surface area contributed by atoms with E-state index in [1.807, 2.05) is 20.8 Å². The van der Waals surface area contributed by atoms with Crippen LogP contribution in [0.15, 0.2) is 10.8 Å². The third kappa shape index (κ3) is 1.60. The van der Waals surface area contributed by atoms with E-state index >= 15 is 0 Å². The minimum absolute atomic E-state index is 0.0505. The van der Waals surface area contributed by atoms with E-state index < -0.39 is 0 Å². The molecule has 3 nitrogen and oxygen atoms in total. The zero-order valence-corrected chi connectivity index (χ0v) is 7.09. The zero-order chi connectivity index (χ0) is 8.48. The monoisotopic (exact) mass is 155 g/mol. The number of aromatic nitrogens is 1. The molecule has 1 aromatic rings. The predicted octanol–water partition coefficient (Wildman–Crippen LogP) is 1.46. The van der Waals surface area contributed by atoms with Gasteiger partial charge < -0.3 is 9.52 Å². The van der Waals surface area contributed by atoms with Crippen LogP contribution in [0.3, 0.4) is 0 Å². The third-order valence-electron chi connectivity index (χ3n) is 1.49. The molecule has 1 rings (SSSR count). The summed E-state index contributed by atoms with van der Waals surface area (Å²) in [6.07, 6.45) is 1.37. The molecule has 0 saturated carbocycles. The van der Waals surface area contributed by atoms with E-state index in [9.17, 15) is 0 Å². The van der Waals surface area contributed by atoms with E-state index in [0.29, 0.717) is 5.76 Å². The van der Waals surface area contributed by atoms with Gasteiger partial charge in [-0.1, -0.05) is 20.8 Å². The van der Waals surface area contributed by atoms with Gasteiger partial charge in [0, 0.05) is 5.41 Å². The standard InChI is InChI=1S/C8H13NO2/c1-8(2,3)7-6(4-10)11-5-9-7/h5,10H,4H2,1-3H3. The molecule has 0 aliphatic heterocycles. The first kappa shape index (κ1) is 8.27. The first-order valence-corrected chi connectivity index (χ1v) is 3.59. The summed E-state index contributed by atoms with van der Waals surface area (Å²) in [5.41, 5.74) is 0.783. The van der Waals surface area contributed by atoms with E-state index in [1.54, 1.807) is 0 Å². The second-order valence-electron chi connectivity index (χ2n) is 3.53. The Labute approximate surface area is 66.1 Å². The number of aliphatic hydroxyl groups is 1. The SMILES string of the molecule is CC(C)(C)c1ncoc1CO. The Balaban J connectivity index is 3.02. The quantitative estimate of drug-likeness (QED) is 0.667. The molecule has 0 aliphatic rings. The largest absolute Gasteiger partial charge is 0.446 e. The van der Waals surface area contributed by atoms with Crippen LogP contribution in [0.2, 0.25) is 0 Å². The highest BCUT2D eigenvalue weighted by Crippen LogP contribution is 2.23. The fourth-order valence-electron chi connectivity index (χ4n) is 0.995. The molecule has 0 amide bonds. The maximum absolute atomic E-state index is 8.84. The number of rotatable bonds is 1. The van der Waals surface area contributed by atoms with Crippen LogP contribution in [0.1, 0.15) is 32.2 Å². The van der Waals surface area contributed by atoms with Gasteiger partial charge in [0.25, 0.3) is 0 Å². The minimum atomic E-state index is -0.0768. The third-order valence-corrected chi connectivity index (χ3v) is 1.49. The molecule has 11 heavy (non-hydrogen) atoms. The number of oxazole rings is 1. The summed E-state index contributed by atoms with van der Waals surface area (Å²) in [6.45, 7) is 6.02. The highest BCUT2D eigenvalue weighted by molar-refractivity contribution is 5.15. The molecular weight excluding hydrogens is 142 g/mol. The second kappa shape index (κ2) is 2.66. The lowest BCUT2D eigenvalue weighted by Gasteiger charge is -2.15. The summed E-state index contributed by atoms with van der Waals surface area (Å²) in [7, 11) is 0. The average Bonchev–Trinajstić information content (AvgIpc) is 2.31. The van der Waals surface area contributed by atoms with E-state index in [-0.39, 0.29) is 12.0 Å². The summed E-state index contributed by atoms with van der Waals surface area (Å²) < 4.78 is 4.98. The highest BCUT2D eigenvalue weighted by atomic mass is 16.4. The first-order valence-electron chi connectivity index (χ1n) is 3.59. The van der Waals surface area contributed by atoms with Crippen molar-refractivity contribution in [1.29, 1.82) is 0 Å². The zero-order valence-electron chi connectivity index (χ0n) is 7.09. The van der Waals surface area contributed by atoms with Gasteiger partial charge >= 0.3 is 0 Å². The summed E-state index contributed by atoms with van der Waals surface area (Å²) in [4.78, 5) is 4.03. The minimum Gasteiger partial charge on any atom is -0.446 e. The van der Waals surface area contributed by atoms with Gasteiger partial charge in [-0.15, -0.1) is 0 Å². The number of hydrogen-bond donors (Lipinski definition) is 1. The van der Waals surface area contributed by atoms with E-state index in [1.165, 1.54) is 6.39 Å². The molecule has 1 N–H and O–H groups in total. The molecule has 0 aromatic carbocycles. The van der Waals surface area contributed by atoms with Crippen molar-refractivity contribution in [2.24, 2.45) is 0 Å². The highest BCUT2D eigenvalue weighted by Gasteiger charge is 2.21. The van der Waals surface area contributed by atoms with Crippen molar-refractivity contribution in [1.82, 2.24) is 4.98 Å². The van der Waals surface area contributed by atoms with Crippen molar-refractivity contribution in [2.75, 3.05) is 0 Å². The van der Waals surface area contributed by atoms with E-state index in [2.05, 4.69) is 4.98 Å². The van der Waals surface area contributed by atoms with Crippen molar-refractivity contribution >= 4 is 0 Å². The van der Waals surface area contributed by atoms with Gasteiger partial charge in [-0.3, -0.25) is 0 Å². The van der Waals surface area contributed by atoms with Crippen LogP contribution in [0.5, 0.6) is 0 Å². The fraction of sp³-hybridized carbons (Fsp3) is 0.625. The molecule has 0 radical (unpaired) electrons. The lowest BCUT2D eigenvalue weighted by atomic mass is 9.91. The Morgan fingerprint density at radius 3 is 2.55 bits per heavy atom. The van der Waals surface area contributed by atoms with Crippen molar-refractivity contribution in [3.8, 4) is 0 Å². The van der Waals surface area contributed by atoms with E-state index in [4.69, 9.17) is 9.52 Å². The Hall–Kier alpha value is -0.830. The molecule has 0 bridgehead atoms. The maximum Gasteiger partial charge on any atom is 0.181 e. The second-order valence-corrected chi connectivity index (χ2v) is 3.53. The Morgan fingerprint density at radius 2 is 2.18 bits per heavy atom. The van der Waals surface area contributed by atoms with Gasteiger partial charge in [-0.25, -0.2) is 4.98 Å². The Morgan fingerprint density at radius 1 is 1.55 bits per heavy atom. The predicted molar refractivity (Wildman–Crippen MR) is 41.1 cm³/mol. The Kier molecular flexibility index (Phi) is 2.00. The van der Waals surface area contributed by atoms with Crippen LogP contribution in [0, 0.1) is 0 Å². The van der Waals surface area contributed by atoms with Gasteiger partial charge in [0.2, 0.25) is 0 Å². The molecule has 0 fully saturated rings. The average molecular weight is 155 g/mol. The van der Waals surface area contributed by atoms with Gasteiger partial charge in [-0.05, 0) is 0 Å². The van der Waals surface area contributed by atoms with Crippen LogP contribution >= 0.6 is 0 Å². The number of hydrogen-bond acceptors (Lipinski definition) is 3. The summed E-state index contributed by atoms with van der Waals surface area (Å²) >= 11 is 0. The summed E-state index contributed by atoms with van der Waals surface area (Å²) in [5.74, 6) is 0.567. The van der Waals surface area contributed by atoms with Crippen molar-refractivity contribution < 1.29 is 9.52 Å². The molecule has 3 heteroatoms. The maximum atomic E-state index is 8.84. The van der Waals surface area contributed by atoms with Gasteiger partial charge in [0.1, 0.15) is 6.61 Å².